The van der Waals surface area contributed by atoms with Crippen LogP contribution in [0.3, 0.4) is 0 Å². The van der Waals surface area contributed by atoms with Crippen molar-refractivity contribution in [2.24, 2.45) is 12.5 Å². The quantitative estimate of drug-likeness (QED) is 0.663. The second-order valence-corrected chi connectivity index (χ2v) is 8.55. The highest BCUT2D eigenvalue weighted by molar-refractivity contribution is 7.12. The molecule has 1 aliphatic heterocycles. The van der Waals surface area contributed by atoms with Gasteiger partial charge in [0.25, 0.3) is 5.91 Å². The van der Waals surface area contributed by atoms with Gasteiger partial charge in [-0.05, 0) is 5.56 Å². The van der Waals surface area contributed by atoms with Crippen molar-refractivity contribution in [1.29, 1.82) is 0 Å². The molecule has 0 saturated carbocycles. The molecule has 27 heavy (non-hydrogen) atoms. The van der Waals surface area contributed by atoms with E-state index in [1.165, 1.54) is 11.3 Å². The lowest BCUT2D eigenvalue weighted by molar-refractivity contribution is -0.0372. The van der Waals surface area contributed by atoms with E-state index < -0.39 is 0 Å². The van der Waals surface area contributed by atoms with Crippen LogP contribution in [0.15, 0.2) is 54.2 Å². The number of aryl methyl sites for hydroxylation is 1. The Bertz CT molecular complexity index is 945. The maximum Gasteiger partial charge on any atom is 0.264 e. The summed E-state index contributed by atoms with van der Waals surface area (Å²) in [6.07, 6.45) is 3.71. The molecule has 0 aliphatic carbocycles. The molecule has 1 atom stereocenters. The maximum absolute atomic E-state index is 13.1. The number of aromatic nitrogens is 2. The zero-order chi connectivity index (χ0) is 19.0. The van der Waals surface area contributed by atoms with Crippen molar-refractivity contribution in [1.82, 2.24) is 14.5 Å². The molecule has 0 spiro atoms. The van der Waals surface area contributed by atoms with E-state index in [-0.39, 0.29) is 17.4 Å². The van der Waals surface area contributed by atoms with Gasteiger partial charge in [0.05, 0.1) is 10.9 Å². The number of imidazole rings is 1. The van der Waals surface area contributed by atoms with Crippen molar-refractivity contribution >= 4 is 17.2 Å². The van der Waals surface area contributed by atoms with Crippen LogP contribution < -0.4 is 4.74 Å². The molecule has 6 heteroatoms. The van der Waals surface area contributed by atoms with Gasteiger partial charge in [-0.3, -0.25) is 4.79 Å². The summed E-state index contributed by atoms with van der Waals surface area (Å²) in [7, 11) is 1.97. The average Bonchev–Trinajstić information content (AvgIpc) is 3.28. The summed E-state index contributed by atoms with van der Waals surface area (Å²) in [4.78, 5) is 20.2. The van der Waals surface area contributed by atoms with Gasteiger partial charge in [0.2, 0.25) is 0 Å². The summed E-state index contributed by atoms with van der Waals surface area (Å²) in [5, 5.41) is 1.90. The maximum atomic E-state index is 13.1. The fourth-order valence-corrected chi connectivity index (χ4v) is 4.42. The number of thiophene rings is 1. The normalized spacial score (nSPS) is 18.2. The Labute approximate surface area is 163 Å². The third-order valence-corrected chi connectivity index (χ3v) is 5.92. The van der Waals surface area contributed by atoms with Gasteiger partial charge >= 0.3 is 0 Å². The van der Waals surface area contributed by atoms with E-state index in [0.717, 1.165) is 23.7 Å². The lowest BCUT2D eigenvalue weighted by Crippen LogP contribution is -2.58. The van der Waals surface area contributed by atoms with E-state index in [1.54, 1.807) is 6.20 Å². The lowest BCUT2D eigenvalue weighted by atomic mass is 9.74. The van der Waals surface area contributed by atoms with E-state index in [2.05, 4.69) is 18.8 Å². The summed E-state index contributed by atoms with van der Waals surface area (Å²) in [5.41, 5.74) is 1.12. The summed E-state index contributed by atoms with van der Waals surface area (Å²) in [5.74, 6) is 1.71. The highest BCUT2D eigenvalue weighted by Gasteiger charge is 2.51. The third-order valence-electron chi connectivity index (χ3n) is 5.03. The highest BCUT2D eigenvalue weighted by Crippen LogP contribution is 2.48. The fourth-order valence-electron chi connectivity index (χ4n) is 3.63. The number of likely N-dealkylation sites (tertiary alicyclic amines) is 1. The van der Waals surface area contributed by atoms with Gasteiger partial charge < -0.3 is 14.2 Å². The van der Waals surface area contributed by atoms with E-state index >= 15 is 0 Å². The molecule has 1 fully saturated rings. The number of carbonyl (C=O) groups is 1. The van der Waals surface area contributed by atoms with Crippen LogP contribution in [0.2, 0.25) is 0 Å². The first-order valence-corrected chi connectivity index (χ1v) is 9.87. The number of ether oxygens (including phenoxy) is 1. The Hall–Kier alpha value is -2.60. The number of rotatable bonds is 5. The second-order valence-electron chi connectivity index (χ2n) is 7.64. The Morgan fingerprint density at radius 2 is 2.11 bits per heavy atom. The second kappa shape index (κ2) is 6.85. The van der Waals surface area contributed by atoms with Crippen LogP contribution in [-0.2, 0) is 13.7 Å². The minimum atomic E-state index is -0.0132. The molecule has 0 bridgehead atoms. The van der Waals surface area contributed by atoms with Crippen LogP contribution in [0.1, 0.15) is 40.9 Å². The van der Waals surface area contributed by atoms with Crippen LogP contribution in [0.4, 0.5) is 0 Å². The van der Waals surface area contributed by atoms with Crippen LogP contribution >= 0.6 is 11.3 Å². The summed E-state index contributed by atoms with van der Waals surface area (Å²) in [6.45, 7) is 5.58. The van der Waals surface area contributed by atoms with Gasteiger partial charge in [-0.2, -0.15) is 0 Å². The zero-order valence-corrected chi connectivity index (χ0v) is 16.6. The fraction of sp³-hybridized carbons (Fsp3) is 0.333. The van der Waals surface area contributed by atoms with Crippen molar-refractivity contribution < 1.29 is 9.53 Å². The van der Waals surface area contributed by atoms with E-state index in [4.69, 9.17) is 4.74 Å². The van der Waals surface area contributed by atoms with Crippen LogP contribution in [-0.4, -0.2) is 26.9 Å². The summed E-state index contributed by atoms with van der Waals surface area (Å²) >= 11 is 1.43. The predicted octanol–water partition coefficient (Wildman–Crippen LogP) is 4.28. The highest BCUT2D eigenvalue weighted by atomic mass is 32.1. The third kappa shape index (κ3) is 3.37. The number of hydrogen-bond donors (Lipinski definition) is 0. The van der Waals surface area contributed by atoms with Crippen LogP contribution in [0.25, 0.3) is 0 Å². The molecule has 3 aromatic rings. The molecule has 0 N–H and O–H groups in total. The Balaban J connectivity index is 1.47. The molecular formula is C21H23N3O2S. The first-order chi connectivity index (χ1) is 13.0. The minimum absolute atomic E-state index is 0.0126. The Morgan fingerprint density at radius 3 is 2.78 bits per heavy atom. The molecule has 1 amide bonds. The van der Waals surface area contributed by atoms with Crippen LogP contribution in [0, 0.1) is 5.41 Å². The zero-order valence-electron chi connectivity index (χ0n) is 15.8. The first-order valence-electron chi connectivity index (χ1n) is 8.99. The van der Waals surface area contributed by atoms with Crippen LogP contribution in [0.5, 0.6) is 5.75 Å². The van der Waals surface area contributed by atoms with Crippen molar-refractivity contribution in [3.8, 4) is 5.75 Å². The molecule has 1 unspecified atom stereocenters. The molecule has 140 valence electrons. The molecule has 1 aliphatic rings. The van der Waals surface area contributed by atoms with Gasteiger partial charge in [0.15, 0.2) is 0 Å². The van der Waals surface area contributed by atoms with Gasteiger partial charge in [-0.1, -0.05) is 44.2 Å². The van der Waals surface area contributed by atoms with E-state index in [9.17, 15) is 4.79 Å². The van der Waals surface area contributed by atoms with Gasteiger partial charge in [0, 0.05) is 42.8 Å². The molecule has 5 nitrogen and oxygen atoms in total. The Morgan fingerprint density at radius 1 is 1.33 bits per heavy atom. The molecule has 1 saturated heterocycles. The largest absolute Gasteiger partial charge is 0.488 e. The molecule has 1 aromatic carbocycles. The number of carbonyl (C=O) groups excluding carboxylic acids is 1. The van der Waals surface area contributed by atoms with Gasteiger partial charge in [0.1, 0.15) is 18.2 Å². The van der Waals surface area contributed by atoms with Crippen molar-refractivity contribution in [3.63, 3.8) is 0 Å². The van der Waals surface area contributed by atoms with E-state index in [0.29, 0.717) is 11.5 Å². The predicted molar refractivity (Wildman–Crippen MR) is 106 cm³/mol. The number of amides is 1. The van der Waals surface area contributed by atoms with Gasteiger partial charge in [-0.15, -0.1) is 11.3 Å². The van der Waals surface area contributed by atoms with Crippen molar-refractivity contribution in [2.45, 2.75) is 26.5 Å². The standard InChI is InChI=1S/C21H23N3O2S/c1-21(2)14-24(18(21)19-22-9-10-23(19)3)20(25)17-11-16(13-27-17)26-12-15-7-5-4-6-8-15/h4-11,13,18H,12,14H2,1-3H3. The molecule has 2 aromatic heterocycles. The first kappa shape index (κ1) is 17.8. The topological polar surface area (TPSA) is 47.4 Å². The molecule has 0 radical (unpaired) electrons. The Kier molecular flexibility index (Phi) is 4.52. The van der Waals surface area contributed by atoms with Crippen molar-refractivity contribution in [2.75, 3.05) is 6.54 Å². The monoisotopic (exact) mass is 381 g/mol. The lowest BCUT2D eigenvalue weighted by Gasteiger charge is -2.53. The smallest absolute Gasteiger partial charge is 0.264 e. The summed E-state index contributed by atoms with van der Waals surface area (Å²) < 4.78 is 7.83. The summed E-state index contributed by atoms with van der Waals surface area (Å²) in [6, 6.07) is 11.8. The number of benzene rings is 1. The molecular weight excluding hydrogens is 358 g/mol. The van der Waals surface area contributed by atoms with E-state index in [1.807, 2.05) is 64.5 Å². The minimum Gasteiger partial charge on any atom is -0.488 e. The average molecular weight is 382 g/mol. The SMILES string of the molecule is Cn1ccnc1C1N(C(=O)c2cc(OCc3ccccc3)cs2)CC1(C)C. The molecule has 3 heterocycles. The number of hydrogen-bond acceptors (Lipinski definition) is 4. The van der Waals surface area contributed by atoms with Gasteiger partial charge in [-0.25, -0.2) is 4.98 Å². The molecule has 4 rings (SSSR count). The van der Waals surface area contributed by atoms with Crippen molar-refractivity contribution in [3.05, 3.63) is 70.4 Å². The number of nitrogens with zero attached hydrogens (tertiary/aromatic N) is 3.